The van der Waals surface area contributed by atoms with Crippen molar-refractivity contribution in [1.82, 2.24) is 4.98 Å². The van der Waals surface area contributed by atoms with Gasteiger partial charge in [-0.25, -0.2) is 4.57 Å². The molecular weight excluding hydrogens is 208 g/mol. The van der Waals surface area contributed by atoms with Crippen molar-refractivity contribution in [2.75, 3.05) is 0 Å². The first-order chi connectivity index (χ1) is 8.34. The molecule has 84 valence electrons. The minimum atomic E-state index is 1.16. The van der Waals surface area contributed by atoms with Crippen LogP contribution in [0.25, 0.3) is 12.2 Å². The molecule has 2 nitrogen and oxygen atoms in total. The minimum Gasteiger partial charge on any atom is -0.265 e. The Hall–Kier alpha value is -2.22. The molecule has 0 unspecified atom stereocenters. The number of allylic oxidation sites excluding steroid dienone is 2. The number of nitrogens with zero attached hydrogens (tertiary/aromatic N) is 2. The molecule has 0 saturated carbocycles. The van der Waals surface area contributed by atoms with Gasteiger partial charge in [-0.15, -0.1) is 0 Å². The van der Waals surface area contributed by atoms with Crippen molar-refractivity contribution < 1.29 is 4.57 Å². The molecule has 0 fully saturated rings. The largest absolute Gasteiger partial charge is 0.265 e. The highest BCUT2D eigenvalue weighted by Gasteiger charge is 1.89. The second kappa shape index (κ2) is 5.75. The van der Waals surface area contributed by atoms with Gasteiger partial charge in [-0.1, -0.05) is 24.3 Å². The molecule has 17 heavy (non-hydrogen) atoms. The molecule has 0 N–H and O–H groups in total. The zero-order valence-corrected chi connectivity index (χ0v) is 9.82. The van der Waals surface area contributed by atoms with Gasteiger partial charge in [0, 0.05) is 24.5 Å². The van der Waals surface area contributed by atoms with E-state index in [1.807, 2.05) is 48.3 Å². The third kappa shape index (κ3) is 3.68. The summed E-state index contributed by atoms with van der Waals surface area (Å²) in [6, 6.07) is 8.12. The fraction of sp³-hybridized carbons (Fsp3) is 0.0667. The number of aromatic nitrogens is 2. The first kappa shape index (κ1) is 11.3. The van der Waals surface area contributed by atoms with Crippen LogP contribution < -0.4 is 4.57 Å². The predicted octanol–water partition coefficient (Wildman–Crippen LogP) is 2.63. The highest BCUT2D eigenvalue weighted by atomic mass is 14.9. The van der Waals surface area contributed by atoms with Crippen molar-refractivity contribution in [2.24, 2.45) is 7.05 Å². The monoisotopic (exact) mass is 223 g/mol. The average molecular weight is 223 g/mol. The van der Waals surface area contributed by atoms with Gasteiger partial charge >= 0.3 is 0 Å². The third-order valence-electron chi connectivity index (χ3n) is 2.40. The van der Waals surface area contributed by atoms with E-state index in [0.29, 0.717) is 0 Å². The van der Waals surface area contributed by atoms with E-state index in [-0.39, 0.29) is 0 Å². The van der Waals surface area contributed by atoms with Crippen LogP contribution in [0.3, 0.4) is 0 Å². The normalized spacial score (nSPS) is 11.4. The maximum atomic E-state index is 3.98. The van der Waals surface area contributed by atoms with E-state index in [2.05, 4.69) is 29.3 Å². The van der Waals surface area contributed by atoms with Crippen molar-refractivity contribution in [3.05, 3.63) is 72.3 Å². The molecule has 0 radical (unpaired) electrons. The van der Waals surface area contributed by atoms with E-state index in [1.54, 1.807) is 12.4 Å². The van der Waals surface area contributed by atoms with Gasteiger partial charge in [0.2, 0.25) is 0 Å². The van der Waals surface area contributed by atoms with Crippen molar-refractivity contribution >= 4 is 12.2 Å². The molecule has 0 amide bonds. The quantitative estimate of drug-likeness (QED) is 0.577. The molecular formula is C15H15N2+. The summed E-state index contributed by atoms with van der Waals surface area (Å²) in [6.07, 6.45) is 15.9. The Balaban J connectivity index is 1.98. The molecule has 0 aliphatic heterocycles. The molecule has 0 spiro atoms. The Morgan fingerprint density at radius 1 is 0.882 bits per heavy atom. The standard InChI is InChI=1S/C15H15N2/c1-17-12-8-15(9-13-17)5-3-2-4-14-6-10-16-11-7-14/h2-13H,1H3/q+1. The topological polar surface area (TPSA) is 16.8 Å². The van der Waals surface area contributed by atoms with Gasteiger partial charge in [0.1, 0.15) is 7.05 Å². The van der Waals surface area contributed by atoms with Gasteiger partial charge < -0.3 is 0 Å². The van der Waals surface area contributed by atoms with Gasteiger partial charge in [0.25, 0.3) is 0 Å². The summed E-state index contributed by atoms with van der Waals surface area (Å²) >= 11 is 0. The van der Waals surface area contributed by atoms with Gasteiger partial charge in [-0.05, 0) is 23.3 Å². The second-order valence-corrected chi connectivity index (χ2v) is 3.80. The summed E-state index contributed by atoms with van der Waals surface area (Å²) < 4.78 is 2.02. The van der Waals surface area contributed by atoms with Crippen LogP contribution in [-0.4, -0.2) is 4.98 Å². The third-order valence-corrected chi connectivity index (χ3v) is 2.40. The summed E-state index contributed by atoms with van der Waals surface area (Å²) in [7, 11) is 2.01. The van der Waals surface area contributed by atoms with E-state index < -0.39 is 0 Å². The first-order valence-corrected chi connectivity index (χ1v) is 5.55. The van der Waals surface area contributed by atoms with Crippen LogP contribution in [0, 0.1) is 0 Å². The molecule has 2 heterocycles. The molecule has 0 bridgehead atoms. The predicted molar refractivity (Wildman–Crippen MR) is 69.9 cm³/mol. The van der Waals surface area contributed by atoms with Gasteiger partial charge in [0.15, 0.2) is 12.4 Å². The minimum absolute atomic E-state index is 1.16. The summed E-state index contributed by atoms with van der Waals surface area (Å²) in [5.41, 5.74) is 2.35. The Labute approximate surface area is 102 Å². The second-order valence-electron chi connectivity index (χ2n) is 3.80. The van der Waals surface area contributed by atoms with Crippen molar-refractivity contribution in [3.63, 3.8) is 0 Å². The molecule has 0 saturated heterocycles. The lowest BCUT2D eigenvalue weighted by atomic mass is 10.2. The van der Waals surface area contributed by atoms with E-state index in [1.165, 1.54) is 5.56 Å². The molecule has 2 heteroatoms. The number of aryl methyl sites for hydroxylation is 1. The van der Waals surface area contributed by atoms with Crippen LogP contribution in [0.5, 0.6) is 0 Å². The molecule has 0 atom stereocenters. The molecule has 0 aliphatic rings. The molecule has 0 aromatic carbocycles. The number of hydrogen-bond donors (Lipinski definition) is 0. The number of hydrogen-bond acceptors (Lipinski definition) is 1. The van der Waals surface area contributed by atoms with E-state index in [9.17, 15) is 0 Å². The number of pyridine rings is 2. The van der Waals surface area contributed by atoms with Crippen LogP contribution in [0.2, 0.25) is 0 Å². The fourth-order valence-corrected chi connectivity index (χ4v) is 1.43. The fourth-order valence-electron chi connectivity index (χ4n) is 1.43. The number of rotatable bonds is 3. The Morgan fingerprint density at radius 2 is 1.41 bits per heavy atom. The van der Waals surface area contributed by atoms with E-state index in [4.69, 9.17) is 0 Å². The van der Waals surface area contributed by atoms with Crippen LogP contribution in [-0.2, 0) is 7.05 Å². The maximum Gasteiger partial charge on any atom is 0.169 e. The zero-order chi connectivity index (χ0) is 11.9. The van der Waals surface area contributed by atoms with Crippen LogP contribution in [0.4, 0.5) is 0 Å². The van der Waals surface area contributed by atoms with Gasteiger partial charge in [-0.3, -0.25) is 4.98 Å². The lowest BCUT2D eigenvalue weighted by Crippen LogP contribution is -2.25. The summed E-state index contributed by atoms with van der Waals surface area (Å²) in [6.45, 7) is 0. The van der Waals surface area contributed by atoms with Crippen LogP contribution in [0.1, 0.15) is 11.1 Å². The van der Waals surface area contributed by atoms with Crippen LogP contribution in [0.15, 0.2) is 61.2 Å². The summed E-state index contributed by atoms with van der Waals surface area (Å²) in [4.78, 5) is 3.98. The molecule has 2 aromatic heterocycles. The lowest BCUT2D eigenvalue weighted by molar-refractivity contribution is -0.671. The van der Waals surface area contributed by atoms with E-state index >= 15 is 0 Å². The summed E-state index contributed by atoms with van der Waals surface area (Å²) in [5.74, 6) is 0. The maximum absolute atomic E-state index is 3.98. The average Bonchev–Trinajstić information content (AvgIpc) is 2.38. The first-order valence-electron chi connectivity index (χ1n) is 5.55. The zero-order valence-electron chi connectivity index (χ0n) is 9.82. The van der Waals surface area contributed by atoms with Crippen molar-refractivity contribution in [3.8, 4) is 0 Å². The Bertz CT molecular complexity index is 510. The SMILES string of the molecule is C[n+]1ccc(C=CC=Cc2ccncc2)cc1. The molecule has 2 rings (SSSR count). The molecule has 0 aliphatic carbocycles. The van der Waals surface area contributed by atoms with Crippen LogP contribution >= 0.6 is 0 Å². The Morgan fingerprint density at radius 3 is 2.00 bits per heavy atom. The van der Waals surface area contributed by atoms with Crippen molar-refractivity contribution in [2.45, 2.75) is 0 Å². The Kier molecular flexibility index (Phi) is 3.81. The summed E-state index contributed by atoms with van der Waals surface area (Å²) in [5, 5.41) is 0. The smallest absolute Gasteiger partial charge is 0.169 e. The highest BCUT2D eigenvalue weighted by molar-refractivity contribution is 5.56. The van der Waals surface area contributed by atoms with Gasteiger partial charge in [0.05, 0.1) is 0 Å². The van der Waals surface area contributed by atoms with Gasteiger partial charge in [-0.2, -0.15) is 0 Å². The van der Waals surface area contributed by atoms with E-state index in [0.717, 1.165) is 5.56 Å². The lowest BCUT2D eigenvalue weighted by Gasteiger charge is -1.90. The highest BCUT2D eigenvalue weighted by Crippen LogP contribution is 2.01. The molecule has 2 aromatic rings. The van der Waals surface area contributed by atoms with Crippen molar-refractivity contribution in [1.29, 1.82) is 0 Å².